The van der Waals surface area contributed by atoms with E-state index in [1.807, 2.05) is 12.1 Å². The number of pyridine rings is 1. The fourth-order valence-corrected chi connectivity index (χ4v) is 3.51. The molecule has 3 N–H and O–H groups in total. The monoisotopic (exact) mass is 289 g/mol. The van der Waals surface area contributed by atoms with Crippen LogP contribution in [0.3, 0.4) is 0 Å². The Bertz CT molecular complexity index is 519. The topological polar surface area (TPSA) is 78.0 Å². The Kier molecular flexibility index (Phi) is 4.36. The molecular weight excluding hydrogens is 266 g/mol. The predicted molar refractivity (Wildman–Crippen MR) is 81.2 cm³/mol. The van der Waals surface area contributed by atoms with Gasteiger partial charge in [-0.15, -0.1) is 0 Å². The van der Waals surface area contributed by atoms with Crippen molar-refractivity contribution < 1.29 is 5.21 Å². The molecule has 0 amide bonds. The van der Waals surface area contributed by atoms with Gasteiger partial charge >= 0.3 is 0 Å². The summed E-state index contributed by atoms with van der Waals surface area (Å²) >= 11 is 0. The number of amidine groups is 1. The minimum absolute atomic E-state index is 0.0860. The summed E-state index contributed by atoms with van der Waals surface area (Å²) in [5.74, 6) is 0.0860. The summed E-state index contributed by atoms with van der Waals surface area (Å²) in [5.41, 5.74) is 7.34. The molecule has 114 valence electrons. The van der Waals surface area contributed by atoms with Crippen LogP contribution < -0.4 is 5.73 Å². The highest BCUT2D eigenvalue weighted by Crippen LogP contribution is 2.22. The minimum Gasteiger partial charge on any atom is -0.409 e. The van der Waals surface area contributed by atoms with E-state index in [1.165, 1.54) is 32.4 Å². The van der Waals surface area contributed by atoms with E-state index in [0.717, 1.165) is 25.2 Å². The molecule has 0 bridgehead atoms. The lowest BCUT2D eigenvalue weighted by molar-refractivity contribution is 0.215. The van der Waals surface area contributed by atoms with Crippen LogP contribution in [0.25, 0.3) is 0 Å². The molecule has 0 radical (unpaired) electrons. The van der Waals surface area contributed by atoms with Gasteiger partial charge in [0.15, 0.2) is 5.84 Å². The number of nitrogens with two attached hydrogens (primary N) is 1. The summed E-state index contributed by atoms with van der Waals surface area (Å²) < 4.78 is 0. The second-order valence-electron chi connectivity index (χ2n) is 5.92. The Balaban J connectivity index is 1.74. The van der Waals surface area contributed by atoms with Gasteiger partial charge in [-0.2, -0.15) is 0 Å². The Morgan fingerprint density at radius 3 is 3.10 bits per heavy atom. The standard InChI is InChI=1S/C15H23N5O/c16-15(18-21)14-12(4-1-6-17-14)10-19-7-3-9-20-8-2-5-13(20)11-19/h1,4,6,13,21H,2-3,5,7-11H2,(H2,16,18). The summed E-state index contributed by atoms with van der Waals surface area (Å²) in [7, 11) is 0. The molecule has 1 aromatic heterocycles. The van der Waals surface area contributed by atoms with Gasteiger partial charge in [-0.3, -0.25) is 14.8 Å². The Morgan fingerprint density at radius 2 is 2.24 bits per heavy atom. The Labute approximate surface area is 125 Å². The molecule has 3 rings (SSSR count). The first kappa shape index (κ1) is 14.3. The fourth-order valence-electron chi connectivity index (χ4n) is 3.51. The van der Waals surface area contributed by atoms with Crippen LogP contribution in [0.15, 0.2) is 23.5 Å². The maximum Gasteiger partial charge on any atom is 0.189 e. The number of hydrogen-bond donors (Lipinski definition) is 2. The summed E-state index contributed by atoms with van der Waals surface area (Å²) in [6, 6.07) is 4.61. The maximum absolute atomic E-state index is 8.89. The number of hydrogen-bond acceptors (Lipinski definition) is 5. The van der Waals surface area contributed by atoms with Gasteiger partial charge in [0.25, 0.3) is 0 Å². The second kappa shape index (κ2) is 6.41. The molecule has 0 saturated carbocycles. The van der Waals surface area contributed by atoms with Gasteiger partial charge in [0.1, 0.15) is 5.69 Å². The largest absolute Gasteiger partial charge is 0.409 e. The van der Waals surface area contributed by atoms with Gasteiger partial charge in [-0.05, 0) is 50.5 Å². The van der Waals surface area contributed by atoms with Crippen LogP contribution in [0.2, 0.25) is 0 Å². The average molecular weight is 289 g/mol. The zero-order chi connectivity index (χ0) is 14.7. The highest BCUT2D eigenvalue weighted by Gasteiger charge is 2.28. The summed E-state index contributed by atoms with van der Waals surface area (Å²) in [6.45, 7) is 5.47. The molecule has 2 aliphatic heterocycles. The number of rotatable bonds is 3. The van der Waals surface area contributed by atoms with Crippen LogP contribution in [0.1, 0.15) is 30.5 Å². The van der Waals surface area contributed by atoms with Crippen molar-refractivity contribution in [2.75, 3.05) is 26.2 Å². The minimum atomic E-state index is 0.0860. The van der Waals surface area contributed by atoms with Crippen molar-refractivity contribution in [3.63, 3.8) is 0 Å². The molecule has 0 spiro atoms. The normalized spacial score (nSPS) is 24.8. The van der Waals surface area contributed by atoms with Crippen LogP contribution in [0.4, 0.5) is 0 Å². The smallest absolute Gasteiger partial charge is 0.189 e. The lowest BCUT2D eigenvalue weighted by Crippen LogP contribution is -2.36. The molecule has 3 heterocycles. The van der Waals surface area contributed by atoms with E-state index < -0.39 is 0 Å². The molecule has 21 heavy (non-hydrogen) atoms. The molecule has 0 aliphatic carbocycles. The molecule has 2 aliphatic rings. The van der Waals surface area contributed by atoms with Gasteiger partial charge in [-0.25, -0.2) is 0 Å². The maximum atomic E-state index is 8.89. The van der Waals surface area contributed by atoms with Crippen molar-refractivity contribution in [3.05, 3.63) is 29.6 Å². The van der Waals surface area contributed by atoms with E-state index in [9.17, 15) is 0 Å². The van der Waals surface area contributed by atoms with Crippen molar-refractivity contribution in [2.45, 2.75) is 31.8 Å². The van der Waals surface area contributed by atoms with Crippen molar-refractivity contribution in [1.82, 2.24) is 14.8 Å². The molecule has 6 nitrogen and oxygen atoms in total. The first-order valence-corrected chi connectivity index (χ1v) is 7.66. The van der Waals surface area contributed by atoms with Gasteiger partial charge in [0.05, 0.1) is 0 Å². The van der Waals surface area contributed by atoms with Crippen LogP contribution in [0, 0.1) is 0 Å². The zero-order valence-corrected chi connectivity index (χ0v) is 12.3. The molecular formula is C15H23N5O. The van der Waals surface area contributed by atoms with Gasteiger partial charge in [-0.1, -0.05) is 11.2 Å². The Morgan fingerprint density at radius 1 is 1.38 bits per heavy atom. The second-order valence-corrected chi connectivity index (χ2v) is 5.92. The van der Waals surface area contributed by atoms with Crippen molar-refractivity contribution in [2.24, 2.45) is 10.9 Å². The molecule has 6 heteroatoms. The lowest BCUT2D eigenvalue weighted by atomic mass is 10.1. The predicted octanol–water partition coefficient (Wildman–Crippen LogP) is 0.846. The summed E-state index contributed by atoms with van der Waals surface area (Å²) in [6.07, 6.45) is 5.51. The SMILES string of the molecule is NC(=NO)c1ncccc1CN1CCCN2CCCC2C1. The fraction of sp³-hybridized carbons (Fsp3) is 0.600. The molecule has 1 unspecified atom stereocenters. The number of nitrogens with zero attached hydrogens (tertiary/aromatic N) is 4. The van der Waals surface area contributed by atoms with Gasteiger partial charge < -0.3 is 10.9 Å². The first-order chi connectivity index (χ1) is 10.3. The van der Waals surface area contributed by atoms with Crippen LogP contribution >= 0.6 is 0 Å². The van der Waals surface area contributed by atoms with E-state index in [0.29, 0.717) is 11.7 Å². The highest BCUT2D eigenvalue weighted by molar-refractivity contribution is 5.96. The third kappa shape index (κ3) is 3.16. The Hall–Kier alpha value is -1.66. The van der Waals surface area contributed by atoms with Crippen LogP contribution in [0.5, 0.6) is 0 Å². The molecule has 0 aromatic carbocycles. The summed E-state index contributed by atoms with van der Waals surface area (Å²) in [4.78, 5) is 9.34. The van der Waals surface area contributed by atoms with Gasteiger partial charge in [0.2, 0.25) is 0 Å². The molecule has 1 aromatic rings. The third-order valence-corrected chi connectivity index (χ3v) is 4.52. The summed E-state index contributed by atoms with van der Waals surface area (Å²) in [5, 5.41) is 12.0. The van der Waals surface area contributed by atoms with Crippen molar-refractivity contribution in [3.8, 4) is 0 Å². The number of oxime groups is 1. The molecule has 2 saturated heterocycles. The van der Waals surface area contributed by atoms with Crippen LogP contribution in [-0.2, 0) is 6.54 Å². The first-order valence-electron chi connectivity index (χ1n) is 7.66. The van der Waals surface area contributed by atoms with E-state index in [-0.39, 0.29) is 5.84 Å². The van der Waals surface area contributed by atoms with Crippen molar-refractivity contribution >= 4 is 5.84 Å². The van der Waals surface area contributed by atoms with Crippen molar-refractivity contribution in [1.29, 1.82) is 0 Å². The average Bonchev–Trinajstić information content (AvgIpc) is 2.86. The van der Waals surface area contributed by atoms with Gasteiger partial charge in [0, 0.05) is 25.3 Å². The third-order valence-electron chi connectivity index (χ3n) is 4.52. The highest BCUT2D eigenvalue weighted by atomic mass is 16.4. The van der Waals surface area contributed by atoms with Crippen LogP contribution in [-0.4, -0.2) is 58.0 Å². The van der Waals surface area contributed by atoms with E-state index in [2.05, 4.69) is 19.9 Å². The van der Waals surface area contributed by atoms with E-state index in [4.69, 9.17) is 10.9 Å². The number of fused-ring (bicyclic) bond motifs is 1. The quantitative estimate of drug-likeness (QED) is 0.373. The van der Waals surface area contributed by atoms with E-state index >= 15 is 0 Å². The zero-order valence-electron chi connectivity index (χ0n) is 12.3. The lowest BCUT2D eigenvalue weighted by Gasteiger charge is -2.26. The number of aromatic nitrogens is 1. The molecule has 2 fully saturated rings. The molecule has 1 atom stereocenters. The van der Waals surface area contributed by atoms with E-state index in [1.54, 1.807) is 6.20 Å².